The van der Waals surface area contributed by atoms with Crippen molar-refractivity contribution >= 4 is 29.1 Å². The van der Waals surface area contributed by atoms with E-state index >= 15 is 0 Å². The number of pyridine rings is 1. The molecule has 1 aromatic heterocycles. The van der Waals surface area contributed by atoms with E-state index in [1.54, 1.807) is 24.3 Å². The van der Waals surface area contributed by atoms with Crippen molar-refractivity contribution in [1.29, 1.82) is 0 Å². The summed E-state index contributed by atoms with van der Waals surface area (Å²) in [7, 11) is 1.53. The van der Waals surface area contributed by atoms with E-state index in [2.05, 4.69) is 10.3 Å². The van der Waals surface area contributed by atoms with E-state index in [1.165, 1.54) is 33.1 Å². The minimum absolute atomic E-state index is 0.0605. The van der Waals surface area contributed by atoms with Crippen LogP contribution in [0.3, 0.4) is 0 Å². The molecule has 0 saturated carbocycles. The predicted octanol–water partition coefficient (Wildman–Crippen LogP) is 2.14. The summed E-state index contributed by atoms with van der Waals surface area (Å²) in [5.41, 5.74) is 0.513. The number of aromatic nitrogens is 1. The summed E-state index contributed by atoms with van der Waals surface area (Å²) < 4.78 is 10.5. The maximum Gasteiger partial charge on any atom is 0.366 e. The molecular formula is C18H18N4O6. The molecule has 1 aliphatic heterocycles. The molecule has 10 heteroatoms. The highest BCUT2D eigenvalue weighted by Gasteiger charge is 2.41. The van der Waals surface area contributed by atoms with Gasteiger partial charge in [0.2, 0.25) is 5.91 Å². The van der Waals surface area contributed by atoms with Crippen molar-refractivity contribution in [3.05, 3.63) is 46.5 Å². The quantitative estimate of drug-likeness (QED) is 0.616. The van der Waals surface area contributed by atoms with E-state index in [0.717, 1.165) is 4.90 Å². The molecule has 10 nitrogen and oxygen atoms in total. The zero-order chi connectivity index (χ0) is 20.4. The first-order valence-corrected chi connectivity index (χ1v) is 8.42. The first kappa shape index (κ1) is 19.1. The molecule has 1 aromatic carbocycles. The van der Waals surface area contributed by atoms with Crippen molar-refractivity contribution in [2.75, 3.05) is 17.3 Å². The summed E-state index contributed by atoms with van der Waals surface area (Å²) in [4.78, 5) is 40.7. The van der Waals surface area contributed by atoms with Crippen LogP contribution in [0.5, 0.6) is 11.5 Å². The van der Waals surface area contributed by atoms with Gasteiger partial charge in [0.25, 0.3) is 11.7 Å². The number of benzene rings is 1. The van der Waals surface area contributed by atoms with Crippen molar-refractivity contribution in [2.45, 2.75) is 26.0 Å². The number of hydrogen-bond donors (Lipinski definition) is 1. The maximum atomic E-state index is 12.7. The van der Waals surface area contributed by atoms with E-state index in [1.807, 2.05) is 0 Å². The van der Waals surface area contributed by atoms with Crippen molar-refractivity contribution in [1.82, 2.24) is 4.98 Å². The van der Waals surface area contributed by atoms with Crippen molar-refractivity contribution in [2.24, 2.45) is 0 Å². The molecule has 0 radical (unpaired) electrons. The Balaban J connectivity index is 1.89. The molecule has 2 amide bonds. The average Bonchev–Trinajstić information content (AvgIpc) is 2.68. The number of rotatable bonds is 5. The van der Waals surface area contributed by atoms with Crippen LogP contribution >= 0.6 is 0 Å². The van der Waals surface area contributed by atoms with Gasteiger partial charge in [-0.2, -0.15) is 0 Å². The maximum absolute atomic E-state index is 12.7. The molecule has 3 rings (SSSR count). The average molecular weight is 386 g/mol. The number of fused-ring (bicyclic) bond motifs is 1. The summed E-state index contributed by atoms with van der Waals surface area (Å²) in [6, 6.07) is 8.25. The SMILES string of the molecule is COc1ccc(NC(=O)C(C)N2C(=O)C(C)Oc3ccc([N+](=O)[O-])nc32)cc1. The van der Waals surface area contributed by atoms with E-state index in [-0.39, 0.29) is 11.6 Å². The Labute approximate surface area is 160 Å². The van der Waals surface area contributed by atoms with Crippen molar-refractivity contribution in [3.8, 4) is 11.5 Å². The Hall–Kier alpha value is -3.69. The highest BCUT2D eigenvalue weighted by molar-refractivity contribution is 6.07. The smallest absolute Gasteiger partial charge is 0.366 e. The van der Waals surface area contributed by atoms with Crippen molar-refractivity contribution in [3.63, 3.8) is 0 Å². The number of carbonyl (C=O) groups excluding carboxylic acids is 2. The van der Waals surface area contributed by atoms with Crippen LogP contribution in [0.4, 0.5) is 17.3 Å². The van der Waals surface area contributed by atoms with Gasteiger partial charge in [0.05, 0.1) is 7.11 Å². The zero-order valence-electron chi connectivity index (χ0n) is 15.4. The Bertz CT molecular complexity index is 930. The lowest BCUT2D eigenvalue weighted by Gasteiger charge is -2.32. The minimum atomic E-state index is -0.978. The number of nitrogens with zero attached hydrogens (tertiary/aromatic N) is 3. The molecule has 0 bridgehead atoms. The molecule has 1 N–H and O–H groups in total. The van der Waals surface area contributed by atoms with Gasteiger partial charge in [-0.05, 0) is 54.1 Å². The Morgan fingerprint density at radius 1 is 1.32 bits per heavy atom. The highest BCUT2D eigenvalue weighted by Crippen LogP contribution is 2.35. The van der Waals surface area contributed by atoms with Gasteiger partial charge in [-0.1, -0.05) is 0 Å². The standard InChI is InChI=1S/C18H18N4O6/c1-10(17(23)19-12-4-6-13(27-3)7-5-12)21-16-14(28-11(2)18(21)24)8-9-15(20-16)22(25)26/h4-11H,1-3H3,(H,19,23). The molecule has 146 valence electrons. The van der Waals surface area contributed by atoms with Crippen LogP contribution in [0, 0.1) is 10.1 Å². The summed E-state index contributed by atoms with van der Waals surface area (Å²) in [5.74, 6) is -0.674. The molecule has 0 aliphatic carbocycles. The number of nitro groups is 1. The van der Waals surface area contributed by atoms with Gasteiger partial charge in [-0.25, -0.2) is 0 Å². The lowest BCUT2D eigenvalue weighted by molar-refractivity contribution is -0.389. The summed E-state index contributed by atoms with van der Waals surface area (Å²) in [6.07, 6.45) is -0.855. The summed E-state index contributed by atoms with van der Waals surface area (Å²) in [6.45, 7) is 3.05. The lowest BCUT2D eigenvalue weighted by Crippen LogP contribution is -2.53. The van der Waals surface area contributed by atoms with Gasteiger partial charge in [0.1, 0.15) is 11.8 Å². The monoisotopic (exact) mass is 386 g/mol. The molecule has 0 saturated heterocycles. The summed E-state index contributed by atoms with van der Waals surface area (Å²) >= 11 is 0. The molecule has 2 unspecified atom stereocenters. The first-order chi connectivity index (χ1) is 13.3. The lowest BCUT2D eigenvalue weighted by atomic mass is 10.1. The molecule has 2 heterocycles. The molecule has 28 heavy (non-hydrogen) atoms. The second-order valence-corrected chi connectivity index (χ2v) is 6.11. The fourth-order valence-corrected chi connectivity index (χ4v) is 2.75. The first-order valence-electron chi connectivity index (χ1n) is 8.42. The topological polar surface area (TPSA) is 124 Å². The number of amides is 2. The number of ether oxygens (including phenoxy) is 2. The summed E-state index contributed by atoms with van der Waals surface area (Å²) in [5, 5.41) is 13.7. The molecule has 2 aromatic rings. The van der Waals surface area contributed by atoms with E-state index in [4.69, 9.17) is 9.47 Å². The normalized spacial score (nSPS) is 16.6. The van der Waals surface area contributed by atoms with Gasteiger partial charge in [0.15, 0.2) is 11.9 Å². The third kappa shape index (κ3) is 3.56. The van der Waals surface area contributed by atoms with Crippen LogP contribution < -0.4 is 19.7 Å². The van der Waals surface area contributed by atoms with Gasteiger partial charge in [0, 0.05) is 11.8 Å². The van der Waals surface area contributed by atoms with E-state index in [9.17, 15) is 19.7 Å². The van der Waals surface area contributed by atoms with E-state index < -0.39 is 34.7 Å². The number of hydrogen-bond acceptors (Lipinski definition) is 7. The number of nitrogens with one attached hydrogen (secondary N) is 1. The Morgan fingerprint density at radius 2 is 2.00 bits per heavy atom. The fraction of sp³-hybridized carbons (Fsp3) is 0.278. The Morgan fingerprint density at radius 3 is 2.61 bits per heavy atom. The van der Waals surface area contributed by atoms with Gasteiger partial charge in [-0.3, -0.25) is 14.5 Å². The Kier molecular flexibility index (Phi) is 5.12. The van der Waals surface area contributed by atoms with Crippen LogP contribution in [-0.4, -0.2) is 41.0 Å². The van der Waals surface area contributed by atoms with Crippen LogP contribution in [-0.2, 0) is 9.59 Å². The van der Waals surface area contributed by atoms with Crippen LogP contribution in [0.25, 0.3) is 0 Å². The van der Waals surface area contributed by atoms with Crippen molar-refractivity contribution < 1.29 is 24.0 Å². The largest absolute Gasteiger partial charge is 0.497 e. The van der Waals surface area contributed by atoms with Crippen LogP contribution in [0.15, 0.2) is 36.4 Å². The highest BCUT2D eigenvalue weighted by atomic mass is 16.6. The molecular weight excluding hydrogens is 368 g/mol. The second kappa shape index (κ2) is 7.51. The fourth-order valence-electron chi connectivity index (χ4n) is 2.75. The third-order valence-electron chi connectivity index (χ3n) is 4.25. The molecule has 0 fully saturated rings. The molecule has 2 atom stereocenters. The van der Waals surface area contributed by atoms with Gasteiger partial charge >= 0.3 is 5.82 Å². The zero-order valence-corrected chi connectivity index (χ0v) is 15.4. The number of carbonyl (C=O) groups is 2. The van der Waals surface area contributed by atoms with E-state index in [0.29, 0.717) is 11.4 Å². The third-order valence-corrected chi connectivity index (χ3v) is 4.25. The van der Waals surface area contributed by atoms with Gasteiger partial charge in [-0.15, -0.1) is 0 Å². The number of anilines is 2. The van der Waals surface area contributed by atoms with Crippen LogP contribution in [0.1, 0.15) is 13.8 Å². The molecule has 0 spiro atoms. The second-order valence-electron chi connectivity index (χ2n) is 6.11. The van der Waals surface area contributed by atoms with Gasteiger partial charge < -0.3 is 24.9 Å². The minimum Gasteiger partial charge on any atom is -0.497 e. The predicted molar refractivity (Wildman–Crippen MR) is 99.6 cm³/mol. The molecule has 1 aliphatic rings. The van der Waals surface area contributed by atoms with Crippen LogP contribution in [0.2, 0.25) is 0 Å². The number of methoxy groups -OCH3 is 1.